The Bertz CT molecular complexity index is 624. The van der Waals surface area contributed by atoms with Gasteiger partial charge in [-0.05, 0) is 18.6 Å². The van der Waals surface area contributed by atoms with Gasteiger partial charge < -0.3 is 10.4 Å². The van der Waals surface area contributed by atoms with Gasteiger partial charge in [0.1, 0.15) is 6.04 Å². The molecule has 2 aromatic heterocycles. The zero-order valence-electron chi connectivity index (χ0n) is 11.5. The number of carbonyl (C=O) groups is 2. The molecule has 1 unspecified atom stereocenters. The first kappa shape index (κ1) is 14.7. The molecule has 0 aliphatic heterocycles. The van der Waals surface area contributed by atoms with E-state index in [9.17, 15) is 9.59 Å². The first-order valence-electron chi connectivity index (χ1n) is 6.61. The standard InChI is InChI=1S/C14H16N4O3/c1-2-3-11(14(20)21)17-13(19)10-8-16-18-12(10)9-4-6-15-7-5-9/h4-8,11H,2-3H2,1H3,(H,16,18)(H,17,19)(H,20,21). The van der Waals surface area contributed by atoms with Crippen molar-refractivity contribution in [2.45, 2.75) is 25.8 Å². The van der Waals surface area contributed by atoms with E-state index in [-0.39, 0.29) is 0 Å². The lowest BCUT2D eigenvalue weighted by molar-refractivity contribution is -0.139. The molecule has 7 heteroatoms. The molecule has 2 heterocycles. The summed E-state index contributed by atoms with van der Waals surface area (Å²) < 4.78 is 0. The van der Waals surface area contributed by atoms with Gasteiger partial charge in [0.2, 0.25) is 0 Å². The van der Waals surface area contributed by atoms with Crippen molar-refractivity contribution in [3.05, 3.63) is 36.3 Å². The van der Waals surface area contributed by atoms with Crippen LogP contribution in [0.1, 0.15) is 30.1 Å². The number of aliphatic carboxylic acids is 1. The van der Waals surface area contributed by atoms with Gasteiger partial charge >= 0.3 is 5.97 Å². The van der Waals surface area contributed by atoms with Crippen LogP contribution < -0.4 is 5.32 Å². The lowest BCUT2D eigenvalue weighted by atomic mass is 10.1. The Balaban J connectivity index is 2.21. The van der Waals surface area contributed by atoms with Gasteiger partial charge in [-0.3, -0.25) is 14.9 Å². The third-order valence-electron chi connectivity index (χ3n) is 3.03. The maximum atomic E-state index is 12.2. The van der Waals surface area contributed by atoms with Crippen LogP contribution in [0, 0.1) is 0 Å². The predicted octanol–water partition coefficient (Wildman–Crippen LogP) is 1.45. The van der Waals surface area contributed by atoms with Crippen LogP contribution >= 0.6 is 0 Å². The molecule has 0 aromatic carbocycles. The number of nitrogens with one attached hydrogen (secondary N) is 2. The molecule has 0 saturated carbocycles. The van der Waals surface area contributed by atoms with Crippen LogP contribution in [0.15, 0.2) is 30.7 Å². The van der Waals surface area contributed by atoms with Crippen molar-refractivity contribution >= 4 is 11.9 Å². The number of aromatic nitrogens is 3. The highest BCUT2D eigenvalue weighted by molar-refractivity contribution is 6.01. The molecule has 0 saturated heterocycles. The Morgan fingerprint density at radius 2 is 2.10 bits per heavy atom. The summed E-state index contributed by atoms with van der Waals surface area (Å²) >= 11 is 0. The van der Waals surface area contributed by atoms with E-state index >= 15 is 0 Å². The maximum absolute atomic E-state index is 12.2. The predicted molar refractivity (Wildman–Crippen MR) is 75.6 cm³/mol. The number of carbonyl (C=O) groups excluding carboxylic acids is 1. The summed E-state index contributed by atoms with van der Waals surface area (Å²) in [6.07, 6.45) is 5.64. The largest absolute Gasteiger partial charge is 0.480 e. The normalized spacial score (nSPS) is 11.9. The quantitative estimate of drug-likeness (QED) is 0.745. The van der Waals surface area contributed by atoms with E-state index in [1.165, 1.54) is 6.20 Å². The SMILES string of the molecule is CCCC(NC(=O)c1cn[nH]c1-c1ccncc1)C(=O)O. The summed E-state index contributed by atoms with van der Waals surface area (Å²) in [6, 6.07) is 2.58. The van der Waals surface area contributed by atoms with E-state index < -0.39 is 17.9 Å². The summed E-state index contributed by atoms with van der Waals surface area (Å²) in [5, 5.41) is 18.2. The average molecular weight is 288 g/mol. The fourth-order valence-corrected chi connectivity index (χ4v) is 1.98. The molecule has 0 aliphatic rings. The smallest absolute Gasteiger partial charge is 0.326 e. The minimum Gasteiger partial charge on any atom is -0.480 e. The van der Waals surface area contributed by atoms with Crippen LogP contribution in [-0.2, 0) is 4.79 Å². The highest BCUT2D eigenvalue weighted by atomic mass is 16.4. The molecule has 3 N–H and O–H groups in total. The van der Waals surface area contributed by atoms with E-state index in [0.717, 1.165) is 5.56 Å². The number of H-pyrrole nitrogens is 1. The minimum absolute atomic E-state index is 0.309. The number of amides is 1. The Morgan fingerprint density at radius 1 is 1.38 bits per heavy atom. The van der Waals surface area contributed by atoms with Crippen molar-refractivity contribution < 1.29 is 14.7 Å². The second-order valence-corrected chi connectivity index (χ2v) is 4.55. The second-order valence-electron chi connectivity index (χ2n) is 4.55. The summed E-state index contributed by atoms with van der Waals surface area (Å²) in [5.41, 5.74) is 1.61. The minimum atomic E-state index is -1.04. The van der Waals surface area contributed by atoms with Crippen molar-refractivity contribution in [1.29, 1.82) is 0 Å². The van der Waals surface area contributed by atoms with Gasteiger partial charge in [-0.1, -0.05) is 13.3 Å². The highest BCUT2D eigenvalue weighted by Crippen LogP contribution is 2.20. The summed E-state index contributed by atoms with van der Waals surface area (Å²) in [4.78, 5) is 27.3. The Morgan fingerprint density at radius 3 is 2.71 bits per heavy atom. The highest BCUT2D eigenvalue weighted by Gasteiger charge is 2.22. The van der Waals surface area contributed by atoms with Crippen molar-refractivity contribution in [2.24, 2.45) is 0 Å². The molecule has 0 fully saturated rings. The zero-order valence-corrected chi connectivity index (χ0v) is 11.5. The van der Waals surface area contributed by atoms with Crippen LogP contribution in [-0.4, -0.2) is 38.2 Å². The first-order chi connectivity index (χ1) is 10.1. The van der Waals surface area contributed by atoms with Gasteiger partial charge in [-0.15, -0.1) is 0 Å². The second kappa shape index (κ2) is 6.65. The molecule has 2 rings (SSSR count). The first-order valence-corrected chi connectivity index (χ1v) is 6.61. The van der Waals surface area contributed by atoms with Crippen LogP contribution in [0.2, 0.25) is 0 Å². The number of aromatic amines is 1. The monoisotopic (exact) mass is 288 g/mol. The molecular formula is C14H16N4O3. The summed E-state index contributed by atoms with van der Waals surface area (Å²) in [6.45, 7) is 1.86. The molecule has 0 spiro atoms. The molecule has 2 aromatic rings. The number of pyridine rings is 1. The average Bonchev–Trinajstić information content (AvgIpc) is 2.97. The van der Waals surface area contributed by atoms with Gasteiger partial charge in [-0.25, -0.2) is 4.79 Å². The van der Waals surface area contributed by atoms with Crippen LogP contribution in [0.3, 0.4) is 0 Å². The Hall–Kier alpha value is -2.70. The number of hydrogen-bond donors (Lipinski definition) is 3. The molecule has 110 valence electrons. The Kier molecular flexibility index (Phi) is 4.65. The van der Waals surface area contributed by atoms with Crippen molar-refractivity contribution in [1.82, 2.24) is 20.5 Å². The Labute approximate surface area is 121 Å². The van der Waals surface area contributed by atoms with E-state index in [2.05, 4.69) is 20.5 Å². The molecule has 1 atom stereocenters. The summed E-state index contributed by atoms with van der Waals surface area (Å²) in [5.74, 6) is -1.50. The van der Waals surface area contributed by atoms with Gasteiger partial charge in [0, 0.05) is 18.0 Å². The molecule has 0 radical (unpaired) electrons. The van der Waals surface area contributed by atoms with E-state index in [1.54, 1.807) is 24.5 Å². The third kappa shape index (κ3) is 3.44. The van der Waals surface area contributed by atoms with E-state index in [4.69, 9.17) is 5.11 Å². The topological polar surface area (TPSA) is 108 Å². The molecular weight excluding hydrogens is 272 g/mol. The number of hydrogen-bond acceptors (Lipinski definition) is 4. The van der Waals surface area contributed by atoms with E-state index in [1.807, 2.05) is 6.92 Å². The van der Waals surface area contributed by atoms with Crippen molar-refractivity contribution in [3.63, 3.8) is 0 Å². The van der Waals surface area contributed by atoms with Crippen LogP contribution in [0.4, 0.5) is 0 Å². The maximum Gasteiger partial charge on any atom is 0.326 e. The van der Waals surface area contributed by atoms with Gasteiger partial charge in [-0.2, -0.15) is 5.10 Å². The zero-order chi connectivity index (χ0) is 15.2. The number of rotatable bonds is 6. The fourth-order valence-electron chi connectivity index (χ4n) is 1.98. The third-order valence-corrected chi connectivity index (χ3v) is 3.03. The lowest BCUT2D eigenvalue weighted by Crippen LogP contribution is -2.40. The van der Waals surface area contributed by atoms with Crippen LogP contribution in [0.5, 0.6) is 0 Å². The van der Waals surface area contributed by atoms with Gasteiger partial charge in [0.25, 0.3) is 5.91 Å². The molecule has 21 heavy (non-hydrogen) atoms. The fraction of sp³-hybridized carbons (Fsp3) is 0.286. The van der Waals surface area contributed by atoms with Crippen molar-refractivity contribution in [3.8, 4) is 11.3 Å². The molecule has 1 amide bonds. The number of nitrogens with zero attached hydrogens (tertiary/aromatic N) is 2. The molecule has 0 bridgehead atoms. The molecule has 0 aliphatic carbocycles. The van der Waals surface area contributed by atoms with Crippen LogP contribution in [0.25, 0.3) is 11.3 Å². The molecule has 7 nitrogen and oxygen atoms in total. The van der Waals surface area contributed by atoms with E-state index in [0.29, 0.717) is 24.1 Å². The van der Waals surface area contributed by atoms with Gasteiger partial charge in [0.05, 0.1) is 17.5 Å². The number of carboxylic acids is 1. The van der Waals surface area contributed by atoms with Crippen molar-refractivity contribution in [2.75, 3.05) is 0 Å². The lowest BCUT2D eigenvalue weighted by Gasteiger charge is -2.13. The summed E-state index contributed by atoms with van der Waals surface area (Å²) in [7, 11) is 0. The van der Waals surface area contributed by atoms with Gasteiger partial charge in [0.15, 0.2) is 0 Å². The number of carboxylic acid groups (broad SMARTS) is 1.